The van der Waals surface area contributed by atoms with Crippen molar-refractivity contribution in [2.75, 3.05) is 9.80 Å². The first-order valence-electron chi connectivity index (χ1n) is 22.7. The van der Waals surface area contributed by atoms with Gasteiger partial charge in [0.25, 0.3) is 6.71 Å². The number of aromatic nitrogens is 1. The molecular weight excluding hydrogens is 741 g/mol. The molecule has 8 aromatic rings. The first-order valence-corrected chi connectivity index (χ1v) is 22.7. The lowest BCUT2D eigenvalue weighted by Gasteiger charge is -2.52. The van der Waals surface area contributed by atoms with Gasteiger partial charge >= 0.3 is 0 Å². The average molecular weight is 798 g/mol. The normalized spacial score (nSPS) is 20.1. The number of furan rings is 1. The van der Waals surface area contributed by atoms with Gasteiger partial charge in [-0.15, -0.1) is 0 Å². The molecule has 0 saturated heterocycles. The van der Waals surface area contributed by atoms with E-state index in [4.69, 9.17) is 4.42 Å². The Morgan fingerprint density at radius 3 is 1.93 bits per heavy atom. The van der Waals surface area contributed by atoms with Gasteiger partial charge < -0.3 is 18.8 Å². The van der Waals surface area contributed by atoms with Gasteiger partial charge in [0.05, 0.1) is 16.7 Å². The standard InChI is InChI=1S/C56H56BN3O/c1-33-19-11-14-22-43(33)58(44-23-15-12-20-34(44)2)37-31-45-48-46(32-37)60-51-40(55(9)25-17-18-26-56(55,60)10)28-36(54(6,7)8)30-42(51)57(48)41-29-35(53(3,4)5)27-39-49(41)59(45)50-38-21-13-16-24-47(38)61-52(39)50/h11-16,19-24,27-32H,17-18,25-26H2,1-10H3. The van der Waals surface area contributed by atoms with Gasteiger partial charge in [-0.05, 0) is 131 Å². The molecular formula is C56H56BN3O. The summed E-state index contributed by atoms with van der Waals surface area (Å²) in [5.74, 6) is 0. The van der Waals surface area contributed by atoms with Gasteiger partial charge in [0.1, 0.15) is 11.1 Å². The third-order valence-corrected chi connectivity index (χ3v) is 15.8. The van der Waals surface area contributed by atoms with E-state index >= 15 is 0 Å². The van der Waals surface area contributed by atoms with Crippen molar-refractivity contribution < 1.29 is 4.42 Å². The summed E-state index contributed by atoms with van der Waals surface area (Å²) in [7, 11) is 0. The fourth-order valence-corrected chi connectivity index (χ4v) is 12.3. The Balaban J connectivity index is 1.31. The van der Waals surface area contributed by atoms with Crippen molar-refractivity contribution in [2.45, 2.75) is 117 Å². The lowest BCUT2D eigenvalue weighted by atomic mass is 9.33. The molecule has 0 amide bonds. The van der Waals surface area contributed by atoms with Crippen LogP contribution in [-0.2, 0) is 16.2 Å². The number of hydrogen-bond donors (Lipinski definition) is 0. The highest BCUT2D eigenvalue weighted by Crippen LogP contribution is 2.62. The van der Waals surface area contributed by atoms with Crippen molar-refractivity contribution in [2.24, 2.45) is 0 Å². The molecule has 0 spiro atoms. The molecule has 1 aliphatic carbocycles. The Hall–Kier alpha value is -5.68. The maximum atomic E-state index is 7.02. The van der Waals surface area contributed by atoms with Gasteiger partial charge in [0.15, 0.2) is 5.58 Å². The number of anilines is 5. The van der Waals surface area contributed by atoms with Crippen molar-refractivity contribution in [1.82, 2.24) is 4.57 Å². The third kappa shape index (κ3) is 4.73. The Morgan fingerprint density at radius 2 is 1.25 bits per heavy atom. The van der Waals surface area contributed by atoms with Crippen molar-refractivity contribution in [3.63, 3.8) is 0 Å². The highest BCUT2D eigenvalue weighted by molar-refractivity contribution is 7.00. The lowest BCUT2D eigenvalue weighted by Crippen LogP contribution is -2.64. The van der Waals surface area contributed by atoms with Gasteiger partial charge in [0.2, 0.25) is 0 Å². The van der Waals surface area contributed by atoms with Gasteiger partial charge in [0, 0.05) is 44.6 Å². The first kappa shape index (κ1) is 37.1. The predicted octanol–water partition coefficient (Wildman–Crippen LogP) is 13.1. The summed E-state index contributed by atoms with van der Waals surface area (Å²) in [5.41, 5.74) is 22.9. The monoisotopic (exact) mass is 797 g/mol. The van der Waals surface area contributed by atoms with Crippen molar-refractivity contribution >= 4 is 84.5 Å². The van der Waals surface area contributed by atoms with Gasteiger partial charge in [-0.2, -0.15) is 0 Å². The molecule has 1 fully saturated rings. The van der Waals surface area contributed by atoms with Crippen LogP contribution in [-0.4, -0.2) is 16.8 Å². The summed E-state index contributed by atoms with van der Waals surface area (Å²) in [4.78, 5) is 5.43. The van der Waals surface area contributed by atoms with Crippen LogP contribution in [0.15, 0.2) is 114 Å². The minimum Gasteiger partial charge on any atom is -0.454 e. The lowest BCUT2D eigenvalue weighted by molar-refractivity contribution is 0.195. The fraction of sp³-hybridized carbons (Fsp3) is 0.321. The Morgan fingerprint density at radius 1 is 0.639 bits per heavy atom. The number of nitrogens with zero attached hydrogens (tertiary/aromatic N) is 3. The van der Waals surface area contributed by atoms with Crippen molar-refractivity contribution in [1.29, 1.82) is 0 Å². The van der Waals surface area contributed by atoms with Crippen LogP contribution in [0.25, 0.3) is 38.7 Å². The fourth-order valence-electron chi connectivity index (χ4n) is 12.3. The van der Waals surface area contributed by atoms with Crippen LogP contribution in [0.2, 0.25) is 0 Å². The Bertz CT molecular complexity index is 3160. The van der Waals surface area contributed by atoms with E-state index in [0.717, 1.165) is 23.0 Å². The molecule has 2 aromatic heterocycles. The third-order valence-electron chi connectivity index (χ3n) is 15.8. The van der Waals surface area contributed by atoms with Crippen LogP contribution in [0, 0.1) is 13.8 Å². The quantitative estimate of drug-likeness (QED) is 0.166. The van der Waals surface area contributed by atoms with E-state index in [1.54, 1.807) is 5.56 Å². The van der Waals surface area contributed by atoms with E-state index in [2.05, 4.69) is 193 Å². The van der Waals surface area contributed by atoms with Crippen LogP contribution in [0.1, 0.15) is 109 Å². The van der Waals surface area contributed by atoms with Crippen LogP contribution in [0.3, 0.4) is 0 Å². The number of para-hydroxylation sites is 3. The molecule has 5 heterocycles. The van der Waals surface area contributed by atoms with Crippen LogP contribution in [0.5, 0.6) is 0 Å². The number of rotatable bonds is 3. The topological polar surface area (TPSA) is 24.6 Å². The minimum atomic E-state index is -0.108. The molecule has 1 saturated carbocycles. The summed E-state index contributed by atoms with van der Waals surface area (Å²) < 4.78 is 9.65. The molecule has 3 aliphatic heterocycles. The molecule has 4 aliphatic rings. The molecule has 4 nitrogen and oxygen atoms in total. The largest absolute Gasteiger partial charge is 0.454 e. The SMILES string of the molecule is Cc1ccccc1N(c1cc2c3c(c1)-n1c4c(cc(C(C)(C)C)cc4c4oc5ccccc5c41)B3c1cc(C(C)(C)C)cc3c1N2C1(C)CCCCC31C)c1ccccc1C. The van der Waals surface area contributed by atoms with Crippen LogP contribution in [0.4, 0.5) is 28.4 Å². The predicted molar refractivity (Wildman–Crippen MR) is 260 cm³/mol. The zero-order valence-corrected chi connectivity index (χ0v) is 37.5. The highest BCUT2D eigenvalue weighted by atomic mass is 16.3. The summed E-state index contributed by atoms with van der Waals surface area (Å²) in [6.07, 6.45) is 4.84. The maximum Gasteiger partial charge on any atom is 0.252 e. The summed E-state index contributed by atoms with van der Waals surface area (Å²) in [6, 6.07) is 41.9. The molecule has 2 unspecified atom stereocenters. The average Bonchev–Trinajstić information content (AvgIpc) is 3.83. The van der Waals surface area contributed by atoms with E-state index in [9.17, 15) is 0 Å². The molecule has 5 heteroatoms. The molecule has 12 rings (SSSR count). The van der Waals surface area contributed by atoms with E-state index < -0.39 is 0 Å². The van der Waals surface area contributed by atoms with E-state index in [0.29, 0.717) is 0 Å². The smallest absolute Gasteiger partial charge is 0.252 e. The van der Waals surface area contributed by atoms with Crippen molar-refractivity contribution in [3.8, 4) is 5.69 Å². The zero-order valence-electron chi connectivity index (χ0n) is 37.5. The van der Waals surface area contributed by atoms with Gasteiger partial charge in [-0.1, -0.05) is 128 Å². The first-order chi connectivity index (χ1) is 29.1. The Labute approximate surface area is 361 Å². The minimum absolute atomic E-state index is 0.00881. The molecule has 304 valence electrons. The number of aryl methyl sites for hydroxylation is 2. The van der Waals surface area contributed by atoms with Gasteiger partial charge in [-0.3, -0.25) is 0 Å². The zero-order chi connectivity index (χ0) is 42.1. The van der Waals surface area contributed by atoms with E-state index in [1.165, 1.54) is 108 Å². The van der Waals surface area contributed by atoms with Crippen molar-refractivity contribution in [3.05, 3.63) is 137 Å². The molecule has 2 atom stereocenters. The van der Waals surface area contributed by atoms with E-state index in [-0.39, 0.29) is 28.5 Å². The molecule has 0 radical (unpaired) electrons. The second-order valence-corrected chi connectivity index (χ2v) is 21.4. The number of hydrogen-bond acceptors (Lipinski definition) is 3. The summed E-state index contributed by atoms with van der Waals surface area (Å²) in [6.45, 7) is 24.1. The molecule has 0 N–H and O–H groups in total. The summed E-state index contributed by atoms with van der Waals surface area (Å²) in [5, 5.41) is 2.37. The number of benzene rings is 6. The van der Waals surface area contributed by atoms with Crippen LogP contribution < -0.4 is 26.2 Å². The second kappa shape index (κ2) is 12.0. The summed E-state index contributed by atoms with van der Waals surface area (Å²) >= 11 is 0. The maximum absolute atomic E-state index is 7.02. The number of fused-ring (bicyclic) bond motifs is 12. The second-order valence-electron chi connectivity index (χ2n) is 21.4. The highest BCUT2D eigenvalue weighted by Gasteiger charge is 2.61. The van der Waals surface area contributed by atoms with Crippen LogP contribution >= 0.6 is 0 Å². The molecule has 6 aromatic carbocycles. The van der Waals surface area contributed by atoms with E-state index in [1.807, 2.05) is 0 Å². The van der Waals surface area contributed by atoms with Gasteiger partial charge in [-0.25, -0.2) is 0 Å². The Kier molecular flexibility index (Phi) is 7.32. The molecule has 61 heavy (non-hydrogen) atoms. The molecule has 0 bridgehead atoms.